The van der Waals surface area contributed by atoms with Crippen molar-refractivity contribution < 1.29 is 9.72 Å². The van der Waals surface area contributed by atoms with Gasteiger partial charge in [-0.05, 0) is 37.8 Å². The summed E-state index contributed by atoms with van der Waals surface area (Å²) in [5.41, 5.74) is 0.774. The van der Waals surface area contributed by atoms with Gasteiger partial charge >= 0.3 is 0 Å². The molecule has 1 fully saturated rings. The first kappa shape index (κ1) is 15.3. The van der Waals surface area contributed by atoms with Crippen LogP contribution in [0.3, 0.4) is 0 Å². The van der Waals surface area contributed by atoms with E-state index in [0.717, 1.165) is 25.7 Å². The molecule has 0 bridgehead atoms. The highest BCUT2D eigenvalue weighted by Gasteiger charge is 2.25. The third-order valence-corrected chi connectivity index (χ3v) is 3.71. The Kier molecular flexibility index (Phi) is 4.77. The van der Waals surface area contributed by atoms with Crippen LogP contribution in [0.4, 0.5) is 11.4 Å². The maximum Gasteiger partial charge on any atom is 0.293 e. The molecule has 114 valence electrons. The van der Waals surface area contributed by atoms with Gasteiger partial charge in [-0.1, -0.05) is 13.8 Å². The van der Waals surface area contributed by atoms with Gasteiger partial charge in [-0.3, -0.25) is 14.9 Å². The van der Waals surface area contributed by atoms with Crippen molar-refractivity contribution in [2.45, 2.75) is 51.6 Å². The highest BCUT2D eigenvalue weighted by Crippen LogP contribution is 2.31. The van der Waals surface area contributed by atoms with Gasteiger partial charge in [0, 0.05) is 23.7 Å². The highest BCUT2D eigenvalue weighted by atomic mass is 16.6. The lowest BCUT2D eigenvalue weighted by molar-refractivity contribution is -0.384. The van der Waals surface area contributed by atoms with Crippen LogP contribution in [0.5, 0.6) is 0 Å². The standard InChI is InChI=1S/C15H21N3O3/c1-3-11(4-2)17-15(19)10-5-8-13(16-12-6-7-12)14(9-10)18(20)21/h5,8-9,11-12,16H,3-4,6-7H2,1-2H3,(H,17,19). The fourth-order valence-electron chi connectivity index (χ4n) is 2.16. The first-order valence-corrected chi connectivity index (χ1v) is 7.41. The number of benzene rings is 1. The van der Waals surface area contributed by atoms with Crippen molar-refractivity contribution in [3.8, 4) is 0 Å². The summed E-state index contributed by atoms with van der Waals surface area (Å²) in [4.78, 5) is 22.9. The molecule has 0 aliphatic heterocycles. The molecule has 0 saturated heterocycles. The van der Waals surface area contributed by atoms with Crippen LogP contribution in [0.25, 0.3) is 0 Å². The van der Waals surface area contributed by atoms with Crippen LogP contribution in [-0.4, -0.2) is 22.9 Å². The molecule has 0 spiro atoms. The second kappa shape index (κ2) is 6.56. The topological polar surface area (TPSA) is 84.3 Å². The van der Waals surface area contributed by atoms with Crippen molar-refractivity contribution in [3.63, 3.8) is 0 Å². The van der Waals surface area contributed by atoms with Gasteiger partial charge in [0.15, 0.2) is 0 Å². The van der Waals surface area contributed by atoms with Crippen molar-refractivity contribution in [2.24, 2.45) is 0 Å². The molecule has 1 aromatic carbocycles. The molecule has 21 heavy (non-hydrogen) atoms. The zero-order chi connectivity index (χ0) is 15.4. The van der Waals surface area contributed by atoms with Crippen LogP contribution in [0.1, 0.15) is 49.9 Å². The number of hydrogen-bond donors (Lipinski definition) is 2. The number of nitrogens with zero attached hydrogens (tertiary/aromatic N) is 1. The van der Waals surface area contributed by atoms with Gasteiger partial charge in [0.05, 0.1) is 4.92 Å². The zero-order valence-corrected chi connectivity index (χ0v) is 12.4. The van der Waals surface area contributed by atoms with Gasteiger partial charge < -0.3 is 10.6 Å². The molecule has 1 saturated carbocycles. The number of nitrogens with one attached hydrogen (secondary N) is 2. The van der Waals surface area contributed by atoms with Crippen LogP contribution in [0, 0.1) is 10.1 Å². The van der Waals surface area contributed by atoms with Crippen molar-refractivity contribution in [1.29, 1.82) is 0 Å². The third kappa shape index (κ3) is 3.93. The third-order valence-electron chi connectivity index (χ3n) is 3.71. The van der Waals surface area contributed by atoms with E-state index in [0.29, 0.717) is 17.3 Å². The maximum absolute atomic E-state index is 12.1. The lowest BCUT2D eigenvalue weighted by Crippen LogP contribution is -2.33. The first-order chi connectivity index (χ1) is 10.0. The Labute approximate surface area is 124 Å². The monoisotopic (exact) mass is 291 g/mol. The normalized spacial score (nSPS) is 14.0. The number of nitro benzene ring substituents is 1. The lowest BCUT2D eigenvalue weighted by Gasteiger charge is -2.15. The number of carbonyl (C=O) groups excluding carboxylic acids is 1. The van der Waals surface area contributed by atoms with Crippen LogP contribution < -0.4 is 10.6 Å². The highest BCUT2D eigenvalue weighted by molar-refractivity contribution is 5.96. The fraction of sp³-hybridized carbons (Fsp3) is 0.533. The van der Waals surface area contributed by atoms with Crippen molar-refractivity contribution in [3.05, 3.63) is 33.9 Å². The Bertz CT molecular complexity index is 537. The van der Waals surface area contributed by atoms with E-state index in [-0.39, 0.29) is 17.6 Å². The van der Waals surface area contributed by atoms with Crippen LogP contribution in [-0.2, 0) is 0 Å². The van der Waals surface area contributed by atoms with Gasteiger partial charge in [-0.25, -0.2) is 0 Å². The molecule has 1 aliphatic rings. The summed E-state index contributed by atoms with van der Waals surface area (Å²) >= 11 is 0. The van der Waals surface area contributed by atoms with Crippen molar-refractivity contribution in [2.75, 3.05) is 5.32 Å². The molecular weight excluding hydrogens is 270 g/mol. The largest absolute Gasteiger partial charge is 0.377 e. The summed E-state index contributed by atoms with van der Waals surface area (Å²) in [7, 11) is 0. The number of rotatable bonds is 7. The molecule has 0 aromatic heterocycles. The Morgan fingerprint density at radius 1 is 1.38 bits per heavy atom. The van der Waals surface area contributed by atoms with E-state index in [1.54, 1.807) is 12.1 Å². The van der Waals surface area contributed by atoms with E-state index in [4.69, 9.17) is 0 Å². The Morgan fingerprint density at radius 3 is 2.57 bits per heavy atom. The van der Waals surface area contributed by atoms with Crippen LogP contribution >= 0.6 is 0 Å². The van der Waals surface area contributed by atoms with E-state index in [1.165, 1.54) is 6.07 Å². The molecule has 0 atom stereocenters. The average Bonchev–Trinajstić information content (AvgIpc) is 3.28. The maximum atomic E-state index is 12.1. The minimum Gasteiger partial charge on any atom is -0.377 e. The molecule has 2 N–H and O–H groups in total. The van der Waals surface area contributed by atoms with Gasteiger partial charge in [-0.2, -0.15) is 0 Å². The SMILES string of the molecule is CCC(CC)NC(=O)c1ccc(NC2CC2)c([N+](=O)[O-])c1. The minimum atomic E-state index is -0.446. The average molecular weight is 291 g/mol. The quantitative estimate of drug-likeness (QED) is 0.597. The molecule has 6 heteroatoms. The molecule has 0 unspecified atom stereocenters. The summed E-state index contributed by atoms with van der Waals surface area (Å²) in [6, 6.07) is 5.03. The summed E-state index contributed by atoms with van der Waals surface area (Å²) in [5.74, 6) is -0.259. The number of anilines is 1. The summed E-state index contributed by atoms with van der Waals surface area (Å²) < 4.78 is 0. The molecule has 0 heterocycles. The number of amides is 1. The number of nitro groups is 1. The second-order valence-corrected chi connectivity index (χ2v) is 5.39. The predicted molar refractivity (Wildman–Crippen MR) is 81.6 cm³/mol. The van der Waals surface area contributed by atoms with E-state index < -0.39 is 4.92 Å². The summed E-state index contributed by atoms with van der Waals surface area (Å²) in [5, 5.41) is 17.2. The zero-order valence-electron chi connectivity index (χ0n) is 12.4. The molecule has 0 radical (unpaired) electrons. The smallest absolute Gasteiger partial charge is 0.293 e. The van der Waals surface area contributed by atoms with Crippen LogP contribution in [0.2, 0.25) is 0 Å². The van der Waals surface area contributed by atoms with Crippen molar-refractivity contribution in [1.82, 2.24) is 5.32 Å². The summed E-state index contributed by atoms with van der Waals surface area (Å²) in [6.45, 7) is 4.00. The van der Waals surface area contributed by atoms with Gasteiger partial charge in [0.25, 0.3) is 11.6 Å². The molecule has 1 aromatic rings. The number of hydrogen-bond acceptors (Lipinski definition) is 4. The predicted octanol–water partition coefficient (Wildman–Crippen LogP) is 3.09. The van der Waals surface area contributed by atoms with E-state index >= 15 is 0 Å². The molecule has 6 nitrogen and oxygen atoms in total. The Balaban J connectivity index is 2.18. The lowest BCUT2D eigenvalue weighted by atomic mass is 10.1. The molecule has 1 aliphatic carbocycles. The molecule has 1 amide bonds. The first-order valence-electron chi connectivity index (χ1n) is 7.41. The number of carbonyl (C=O) groups is 1. The van der Waals surface area contributed by atoms with Crippen LogP contribution in [0.15, 0.2) is 18.2 Å². The molecular formula is C15H21N3O3. The van der Waals surface area contributed by atoms with Crippen molar-refractivity contribution >= 4 is 17.3 Å². The summed E-state index contributed by atoms with van der Waals surface area (Å²) in [6.07, 6.45) is 3.75. The Morgan fingerprint density at radius 2 is 2.05 bits per heavy atom. The van der Waals surface area contributed by atoms with E-state index in [2.05, 4.69) is 10.6 Å². The fourth-order valence-corrected chi connectivity index (χ4v) is 2.16. The second-order valence-electron chi connectivity index (χ2n) is 5.39. The van der Waals surface area contributed by atoms with Gasteiger partial charge in [0.1, 0.15) is 5.69 Å². The van der Waals surface area contributed by atoms with Gasteiger partial charge in [0.2, 0.25) is 0 Å². The van der Waals surface area contributed by atoms with Gasteiger partial charge in [-0.15, -0.1) is 0 Å². The molecule has 2 rings (SSSR count). The van der Waals surface area contributed by atoms with E-state index in [1.807, 2.05) is 13.8 Å². The Hall–Kier alpha value is -2.11. The minimum absolute atomic E-state index is 0.0425. The van der Waals surface area contributed by atoms with E-state index in [9.17, 15) is 14.9 Å².